The van der Waals surface area contributed by atoms with Crippen LogP contribution in [0.4, 0.5) is 0 Å². The molecule has 0 aliphatic heterocycles. The minimum Gasteiger partial charge on any atom is -0.118 e. The summed E-state index contributed by atoms with van der Waals surface area (Å²) in [5.41, 5.74) is 2.54. The lowest BCUT2D eigenvalue weighted by atomic mass is 10.0. The van der Waals surface area contributed by atoms with Crippen LogP contribution in [0.1, 0.15) is 43.2 Å². The molecule has 0 aliphatic carbocycles. The van der Waals surface area contributed by atoms with Crippen LogP contribution in [0.5, 0.6) is 0 Å². The van der Waals surface area contributed by atoms with Crippen LogP contribution in [0, 0.1) is 12.8 Å². The van der Waals surface area contributed by atoms with E-state index in [0.29, 0.717) is 0 Å². The van der Waals surface area contributed by atoms with Gasteiger partial charge in [0.05, 0.1) is 5.38 Å². The molecule has 78 valence electrons. The molecule has 0 amide bonds. The number of alkyl halides is 1. The summed E-state index contributed by atoms with van der Waals surface area (Å²) in [6.07, 6.45) is 2.27. The molecule has 0 radical (unpaired) electrons. The Morgan fingerprint density at radius 2 is 1.64 bits per heavy atom. The van der Waals surface area contributed by atoms with Crippen LogP contribution in [-0.2, 0) is 0 Å². The third-order valence-electron chi connectivity index (χ3n) is 2.44. The molecule has 0 saturated carbocycles. The summed E-state index contributed by atoms with van der Waals surface area (Å²) in [6.45, 7) is 6.57. The van der Waals surface area contributed by atoms with Crippen LogP contribution in [0.25, 0.3) is 0 Å². The van der Waals surface area contributed by atoms with E-state index in [0.717, 1.165) is 12.3 Å². The lowest BCUT2D eigenvalue weighted by Crippen LogP contribution is -1.94. The summed E-state index contributed by atoms with van der Waals surface area (Å²) in [4.78, 5) is 0. The Morgan fingerprint density at radius 3 is 2.14 bits per heavy atom. The highest BCUT2D eigenvalue weighted by Crippen LogP contribution is 2.27. The molecule has 1 aromatic carbocycles. The minimum atomic E-state index is 0.179. The average molecular weight is 211 g/mol. The first-order valence-corrected chi connectivity index (χ1v) is 5.74. The van der Waals surface area contributed by atoms with E-state index in [1.54, 1.807) is 0 Å². The molecule has 1 heteroatoms. The van der Waals surface area contributed by atoms with Gasteiger partial charge in [0.25, 0.3) is 0 Å². The molecule has 0 nitrogen and oxygen atoms in total. The fourth-order valence-corrected chi connectivity index (χ4v) is 1.69. The Hall–Kier alpha value is -0.490. The van der Waals surface area contributed by atoms with E-state index < -0.39 is 0 Å². The second-order valence-corrected chi connectivity index (χ2v) is 4.88. The Labute approximate surface area is 92.3 Å². The fourth-order valence-electron chi connectivity index (χ4n) is 1.42. The Bertz CT molecular complexity index is 261. The van der Waals surface area contributed by atoms with E-state index in [1.807, 2.05) is 0 Å². The van der Waals surface area contributed by atoms with Crippen LogP contribution in [0.3, 0.4) is 0 Å². The van der Waals surface area contributed by atoms with Crippen molar-refractivity contribution >= 4 is 11.6 Å². The number of rotatable bonds is 4. The van der Waals surface area contributed by atoms with E-state index in [1.165, 1.54) is 17.5 Å². The average Bonchev–Trinajstić information content (AvgIpc) is 2.15. The minimum absolute atomic E-state index is 0.179. The molecular formula is C13H19Cl. The summed E-state index contributed by atoms with van der Waals surface area (Å²) in [5.74, 6) is 0.738. The molecule has 1 atom stereocenters. The summed E-state index contributed by atoms with van der Waals surface area (Å²) < 4.78 is 0. The quantitative estimate of drug-likeness (QED) is 0.632. The van der Waals surface area contributed by atoms with Crippen molar-refractivity contribution in [3.63, 3.8) is 0 Å². The number of hydrogen-bond donors (Lipinski definition) is 0. The van der Waals surface area contributed by atoms with Gasteiger partial charge in [-0.1, -0.05) is 43.7 Å². The predicted octanol–water partition coefficient (Wildman–Crippen LogP) is 4.71. The van der Waals surface area contributed by atoms with E-state index in [-0.39, 0.29) is 5.38 Å². The molecule has 0 heterocycles. The maximum absolute atomic E-state index is 6.30. The van der Waals surface area contributed by atoms with Gasteiger partial charge in [0.2, 0.25) is 0 Å². The van der Waals surface area contributed by atoms with Gasteiger partial charge in [-0.3, -0.25) is 0 Å². The molecule has 0 bridgehead atoms. The highest BCUT2D eigenvalue weighted by Gasteiger charge is 2.07. The van der Waals surface area contributed by atoms with Crippen molar-refractivity contribution in [2.24, 2.45) is 5.92 Å². The van der Waals surface area contributed by atoms with Crippen LogP contribution >= 0.6 is 11.6 Å². The lowest BCUT2D eigenvalue weighted by molar-refractivity contribution is 0.549. The molecule has 1 aromatic rings. The molecular weight excluding hydrogens is 192 g/mol. The first-order valence-electron chi connectivity index (χ1n) is 5.30. The van der Waals surface area contributed by atoms with Gasteiger partial charge in [-0.15, -0.1) is 11.6 Å². The first-order chi connectivity index (χ1) is 6.59. The zero-order chi connectivity index (χ0) is 10.6. The Kier molecular flexibility index (Phi) is 4.47. The first kappa shape index (κ1) is 11.6. The standard InChI is InChI=1S/C13H19Cl/c1-10(2)4-9-13(14)12-7-5-11(3)6-8-12/h5-8,10,13H,4,9H2,1-3H3. The van der Waals surface area contributed by atoms with E-state index in [2.05, 4.69) is 45.0 Å². The molecule has 0 spiro atoms. The SMILES string of the molecule is Cc1ccc(C(Cl)CCC(C)C)cc1. The molecule has 0 aromatic heterocycles. The predicted molar refractivity (Wildman–Crippen MR) is 63.8 cm³/mol. The van der Waals surface area contributed by atoms with Crippen LogP contribution in [0.15, 0.2) is 24.3 Å². The maximum Gasteiger partial charge on any atom is 0.0585 e. The summed E-state index contributed by atoms with van der Waals surface area (Å²) in [7, 11) is 0. The van der Waals surface area contributed by atoms with Crippen molar-refractivity contribution in [2.75, 3.05) is 0 Å². The highest BCUT2D eigenvalue weighted by atomic mass is 35.5. The van der Waals surface area contributed by atoms with Gasteiger partial charge in [-0.05, 0) is 31.2 Å². The number of hydrogen-bond acceptors (Lipinski definition) is 0. The van der Waals surface area contributed by atoms with Gasteiger partial charge >= 0.3 is 0 Å². The van der Waals surface area contributed by atoms with Crippen LogP contribution < -0.4 is 0 Å². The molecule has 14 heavy (non-hydrogen) atoms. The smallest absolute Gasteiger partial charge is 0.0585 e. The Balaban J connectivity index is 2.52. The molecule has 0 fully saturated rings. The normalized spacial score (nSPS) is 13.2. The van der Waals surface area contributed by atoms with E-state index >= 15 is 0 Å². The maximum atomic E-state index is 6.30. The van der Waals surface area contributed by atoms with Gasteiger partial charge in [0.15, 0.2) is 0 Å². The van der Waals surface area contributed by atoms with Crippen molar-refractivity contribution in [1.29, 1.82) is 0 Å². The molecule has 0 aliphatic rings. The third-order valence-corrected chi connectivity index (χ3v) is 2.91. The molecule has 1 rings (SSSR count). The fraction of sp³-hybridized carbons (Fsp3) is 0.538. The van der Waals surface area contributed by atoms with Crippen molar-refractivity contribution in [3.05, 3.63) is 35.4 Å². The highest BCUT2D eigenvalue weighted by molar-refractivity contribution is 6.20. The number of halogens is 1. The molecule has 0 saturated heterocycles. The summed E-state index contributed by atoms with van der Waals surface area (Å²) in [5, 5.41) is 0.179. The second-order valence-electron chi connectivity index (χ2n) is 4.35. The van der Waals surface area contributed by atoms with E-state index in [4.69, 9.17) is 11.6 Å². The zero-order valence-corrected chi connectivity index (χ0v) is 10.0. The van der Waals surface area contributed by atoms with Crippen LogP contribution in [0.2, 0.25) is 0 Å². The third kappa shape index (κ3) is 3.71. The number of aryl methyl sites for hydroxylation is 1. The van der Waals surface area contributed by atoms with Gasteiger partial charge in [-0.25, -0.2) is 0 Å². The molecule has 0 N–H and O–H groups in total. The second kappa shape index (κ2) is 5.41. The lowest BCUT2D eigenvalue weighted by Gasteiger charge is -2.11. The largest absolute Gasteiger partial charge is 0.118 e. The molecule has 1 unspecified atom stereocenters. The zero-order valence-electron chi connectivity index (χ0n) is 9.26. The van der Waals surface area contributed by atoms with Gasteiger partial charge in [-0.2, -0.15) is 0 Å². The van der Waals surface area contributed by atoms with Crippen molar-refractivity contribution < 1.29 is 0 Å². The van der Waals surface area contributed by atoms with E-state index in [9.17, 15) is 0 Å². The van der Waals surface area contributed by atoms with Gasteiger partial charge in [0, 0.05) is 0 Å². The van der Waals surface area contributed by atoms with Gasteiger partial charge < -0.3 is 0 Å². The summed E-state index contributed by atoms with van der Waals surface area (Å²) >= 11 is 6.30. The summed E-state index contributed by atoms with van der Waals surface area (Å²) in [6, 6.07) is 8.51. The van der Waals surface area contributed by atoms with Crippen molar-refractivity contribution in [3.8, 4) is 0 Å². The van der Waals surface area contributed by atoms with Gasteiger partial charge in [0.1, 0.15) is 0 Å². The monoisotopic (exact) mass is 210 g/mol. The number of benzene rings is 1. The topological polar surface area (TPSA) is 0 Å². The van der Waals surface area contributed by atoms with Crippen molar-refractivity contribution in [2.45, 2.75) is 39.0 Å². The van der Waals surface area contributed by atoms with Crippen LogP contribution in [-0.4, -0.2) is 0 Å². The Morgan fingerprint density at radius 1 is 1.07 bits per heavy atom. The van der Waals surface area contributed by atoms with Crippen molar-refractivity contribution in [1.82, 2.24) is 0 Å².